The molecule has 1 aliphatic heterocycles. The van der Waals surface area contributed by atoms with Crippen LogP contribution in [0.25, 0.3) is 22.6 Å². The molecule has 1 atom stereocenters. The Labute approximate surface area is 195 Å². The highest BCUT2D eigenvalue weighted by molar-refractivity contribution is 5.97. The van der Waals surface area contributed by atoms with Crippen LogP contribution in [0.1, 0.15) is 37.0 Å². The topological polar surface area (TPSA) is 128 Å². The van der Waals surface area contributed by atoms with E-state index in [-0.39, 0.29) is 22.6 Å². The van der Waals surface area contributed by atoms with E-state index in [1.165, 1.54) is 12.3 Å². The smallest absolute Gasteiger partial charge is 0.256 e. The minimum atomic E-state index is -1.06. The first-order valence-corrected chi connectivity index (χ1v) is 10.9. The fraction of sp³-hybridized carbons (Fsp3) is 0.348. The summed E-state index contributed by atoms with van der Waals surface area (Å²) >= 11 is 0. The number of amides is 1. The minimum absolute atomic E-state index is 0.190. The maximum Gasteiger partial charge on any atom is 0.256 e. The van der Waals surface area contributed by atoms with Gasteiger partial charge in [0.2, 0.25) is 5.88 Å². The lowest BCUT2D eigenvalue weighted by molar-refractivity contribution is 0.0886. The average Bonchev–Trinajstić information content (AvgIpc) is 2.82. The van der Waals surface area contributed by atoms with E-state index in [9.17, 15) is 9.18 Å². The third-order valence-electron chi connectivity index (χ3n) is 5.54. The molecule has 178 valence electrons. The number of aromatic nitrogens is 4. The Kier molecular flexibility index (Phi) is 6.64. The zero-order valence-corrected chi connectivity index (χ0v) is 18.9. The van der Waals surface area contributed by atoms with Crippen LogP contribution in [-0.2, 0) is 0 Å². The molecule has 0 aliphatic carbocycles. The predicted octanol–water partition coefficient (Wildman–Crippen LogP) is 2.73. The second kappa shape index (κ2) is 9.64. The van der Waals surface area contributed by atoms with Gasteiger partial charge in [-0.05, 0) is 45.4 Å². The van der Waals surface area contributed by atoms with Gasteiger partial charge in [-0.1, -0.05) is 0 Å². The molecule has 0 saturated carbocycles. The van der Waals surface area contributed by atoms with E-state index in [2.05, 4.69) is 30.6 Å². The highest BCUT2D eigenvalue weighted by atomic mass is 19.1. The molecular weight excluding hydrogens is 444 g/mol. The van der Waals surface area contributed by atoms with Crippen molar-refractivity contribution >= 4 is 11.7 Å². The summed E-state index contributed by atoms with van der Waals surface area (Å²) in [5.41, 5.74) is 4.86. The second-order valence-electron chi connectivity index (χ2n) is 8.26. The van der Waals surface area contributed by atoms with Gasteiger partial charge in [0.25, 0.3) is 11.9 Å². The average molecular weight is 469 g/mol. The van der Waals surface area contributed by atoms with Crippen molar-refractivity contribution in [1.29, 1.82) is 0 Å². The van der Waals surface area contributed by atoms with Crippen LogP contribution in [0.5, 0.6) is 5.88 Å². The molecular formula is C23H25F2N7O2. The summed E-state index contributed by atoms with van der Waals surface area (Å²) in [6, 6.07) is 4.66. The van der Waals surface area contributed by atoms with Crippen molar-refractivity contribution in [2.45, 2.75) is 32.2 Å². The SMILES string of the molecule is CCOc1ccc(-c2cc(C(=O)NC3(C)CCCNC3)c(F)c(-c3cnc(N)c(F)n3)n2)cn1. The molecule has 4 heterocycles. The fourth-order valence-electron chi connectivity index (χ4n) is 3.77. The van der Waals surface area contributed by atoms with Gasteiger partial charge in [-0.3, -0.25) is 4.79 Å². The van der Waals surface area contributed by atoms with E-state index >= 15 is 4.39 Å². The van der Waals surface area contributed by atoms with Crippen LogP contribution in [-0.4, -0.2) is 51.1 Å². The summed E-state index contributed by atoms with van der Waals surface area (Å²) in [4.78, 5) is 29.1. The molecule has 0 radical (unpaired) electrons. The number of nitrogens with two attached hydrogens (primary N) is 1. The lowest BCUT2D eigenvalue weighted by atomic mass is 9.92. The van der Waals surface area contributed by atoms with E-state index in [0.29, 0.717) is 24.6 Å². The van der Waals surface area contributed by atoms with Crippen molar-refractivity contribution in [3.8, 4) is 28.5 Å². The number of ether oxygens (including phenoxy) is 1. The van der Waals surface area contributed by atoms with Crippen LogP contribution in [0.15, 0.2) is 30.6 Å². The summed E-state index contributed by atoms with van der Waals surface area (Å²) in [5.74, 6) is -2.62. The van der Waals surface area contributed by atoms with Crippen LogP contribution in [0, 0.1) is 11.8 Å². The van der Waals surface area contributed by atoms with E-state index in [1.807, 2.05) is 13.8 Å². The summed E-state index contributed by atoms with van der Waals surface area (Å²) in [5, 5.41) is 6.16. The molecule has 1 amide bonds. The van der Waals surface area contributed by atoms with E-state index < -0.39 is 29.0 Å². The highest BCUT2D eigenvalue weighted by Gasteiger charge is 2.31. The molecule has 9 nitrogen and oxygen atoms in total. The number of pyridine rings is 2. The Bertz CT molecular complexity index is 1200. The molecule has 1 aliphatic rings. The molecule has 4 N–H and O–H groups in total. The molecule has 0 aromatic carbocycles. The van der Waals surface area contributed by atoms with Gasteiger partial charge in [0.1, 0.15) is 11.4 Å². The molecule has 1 unspecified atom stereocenters. The Balaban J connectivity index is 1.79. The highest BCUT2D eigenvalue weighted by Crippen LogP contribution is 2.29. The lowest BCUT2D eigenvalue weighted by Gasteiger charge is -2.35. The third-order valence-corrected chi connectivity index (χ3v) is 5.54. The van der Waals surface area contributed by atoms with Gasteiger partial charge in [-0.15, -0.1) is 0 Å². The molecule has 4 rings (SSSR count). The summed E-state index contributed by atoms with van der Waals surface area (Å²) in [7, 11) is 0. The van der Waals surface area contributed by atoms with Crippen LogP contribution >= 0.6 is 0 Å². The first kappa shape index (κ1) is 23.4. The van der Waals surface area contributed by atoms with E-state index in [0.717, 1.165) is 25.6 Å². The molecule has 0 bridgehead atoms. The first-order chi connectivity index (χ1) is 16.3. The normalized spacial score (nSPS) is 17.9. The second-order valence-corrected chi connectivity index (χ2v) is 8.26. The largest absolute Gasteiger partial charge is 0.478 e. The van der Waals surface area contributed by atoms with Gasteiger partial charge in [0.15, 0.2) is 11.6 Å². The number of piperidine rings is 1. The maximum atomic E-state index is 15.6. The number of hydrogen-bond donors (Lipinski definition) is 3. The van der Waals surface area contributed by atoms with Gasteiger partial charge in [0.05, 0.1) is 29.6 Å². The summed E-state index contributed by atoms with van der Waals surface area (Å²) < 4.78 is 34.9. The van der Waals surface area contributed by atoms with Crippen LogP contribution < -0.4 is 21.1 Å². The Morgan fingerprint density at radius 1 is 1.24 bits per heavy atom. The summed E-state index contributed by atoms with van der Waals surface area (Å²) in [6.07, 6.45) is 4.23. The Morgan fingerprint density at radius 3 is 2.71 bits per heavy atom. The first-order valence-electron chi connectivity index (χ1n) is 10.9. The molecule has 34 heavy (non-hydrogen) atoms. The number of rotatable bonds is 6. The van der Waals surface area contributed by atoms with Crippen molar-refractivity contribution < 1.29 is 18.3 Å². The number of nitrogens with zero attached hydrogens (tertiary/aromatic N) is 4. The quantitative estimate of drug-likeness (QED) is 0.503. The summed E-state index contributed by atoms with van der Waals surface area (Å²) in [6.45, 7) is 5.60. The zero-order chi connectivity index (χ0) is 24.3. The fourth-order valence-corrected chi connectivity index (χ4v) is 3.77. The number of nitrogen functional groups attached to an aromatic ring is 1. The van der Waals surface area contributed by atoms with Crippen LogP contribution in [0.3, 0.4) is 0 Å². The number of carbonyl (C=O) groups excluding carboxylic acids is 1. The Morgan fingerprint density at radius 2 is 2.06 bits per heavy atom. The number of nitrogens with one attached hydrogen (secondary N) is 2. The Hall–Kier alpha value is -3.73. The number of halogens is 2. The van der Waals surface area contributed by atoms with E-state index in [1.54, 1.807) is 12.1 Å². The number of anilines is 1. The van der Waals surface area contributed by atoms with Crippen molar-refractivity contribution in [3.63, 3.8) is 0 Å². The predicted molar refractivity (Wildman–Crippen MR) is 122 cm³/mol. The molecule has 0 spiro atoms. The third kappa shape index (κ3) is 4.93. The standard InChI is InChI=1S/C23H25F2N7O2/c1-3-34-17-6-5-13(10-28-17)15-9-14(22(33)32-23(2)7-4-8-27-12-23)18(24)19(30-15)16-11-29-21(26)20(25)31-16/h5-6,9-11,27H,3-4,7-8,12H2,1-2H3,(H2,26,29)(H,32,33). The van der Waals surface area contributed by atoms with Gasteiger partial charge in [0, 0.05) is 24.4 Å². The number of carbonyl (C=O) groups is 1. The van der Waals surface area contributed by atoms with Crippen molar-refractivity contribution in [2.75, 3.05) is 25.4 Å². The lowest BCUT2D eigenvalue weighted by Crippen LogP contribution is -2.55. The van der Waals surface area contributed by atoms with Crippen molar-refractivity contribution in [2.24, 2.45) is 0 Å². The molecule has 11 heteroatoms. The van der Waals surface area contributed by atoms with Crippen LogP contribution in [0.4, 0.5) is 14.6 Å². The zero-order valence-electron chi connectivity index (χ0n) is 18.9. The van der Waals surface area contributed by atoms with Gasteiger partial charge in [-0.2, -0.15) is 4.39 Å². The molecule has 1 fully saturated rings. The molecule has 1 saturated heterocycles. The van der Waals surface area contributed by atoms with Crippen molar-refractivity contribution in [3.05, 3.63) is 47.9 Å². The minimum Gasteiger partial charge on any atom is -0.478 e. The number of hydrogen-bond acceptors (Lipinski definition) is 8. The van der Waals surface area contributed by atoms with Gasteiger partial charge >= 0.3 is 0 Å². The van der Waals surface area contributed by atoms with Crippen molar-refractivity contribution in [1.82, 2.24) is 30.6 Å². The van der Waals surface area contributed by atoms with E-state index in [4.69, 9.17) is 10.5 Å². The molecule has 3 aromatic heterocycles. The molecule has 3 aromatic rings. The van der Waals surface area contributed by atoms with Crippen LogP contribution in [0.2, 0.25) is 0 Å². The van der Waals surface area contributed by atoms with Gasteiger partial charge < -0.3 is 21.1 Å². The van der Waals surface area contributed by atoms with Gasteiger partial charge in [-0.25, -0.2) is 24.3 Å². The maximum absolute atomic E-state index is 15.6. The monoisotopic (exact) mass is 469 g/mol.